The number of hydrogen-bond acceptors (Lipinski definition) is 2. The molecule has 2 nitrogen and oxygen atoms in total. The molecule has 0 amide bonds. The Morgan fingerprint density at radius 1 is 1.54 bits per heavy atom. The second-order valence-corrected chi connectivity index (χ2v) is 2.99. The van der Waals surface area contributed by atoms with Crippen LogP contribution in [0.1, 0.15) is 18.1 Å². The Hall–Kier alpha value is -1.75. The Kier molecular flexibility index (Phi) is 2.71. The summed E-state index contributed by atoms with van der Waals surface area (Å²) in [5, 5.41) is 17.8. The van der Waals surface area contributed by atoms with Gasteiger partial charge in [0, 0.05) is 5.57 Å². The molecule has 0 saturated carbocycles. The third-order valence-electron chi connectivity index (χ3n) is 1.78. The average molecular weight is 173 g/mol. The first kappa shape index (κ1) is 9.34. The van der Waals surface area contributed by atoms with Crippen LogP contribution in [-0.4, -0.2) is 5.11 Å². The molecule has 0 radical (unpaired) electrons. The van der Waals surface area contributed by atoms with Crippen molar-refractivity contribution in [3.05, 3.63) is 34.9 Å². The highest BCUT2D eigenvalue weighted by molar-refractivity contribution is 5.58. The number of benzene rings is 1. The summed E-state index contributed by atoms with van der Waals surface area (Å²) in [6.45, 7) is 3.58. The highest BCUT2D eigenvalue weighted by atomic mass is 16.3. The lowest BCUT2D eigenvalue weighted by Gasteiger charge is -1.99. The maximum Gasteiger partial charge on any atom is 0.118 e. The topological polar surface area (TPSA) is 44.0 Å². The fourth-order valence-electron chi connectivity index (χ4n) is 1.05. The first-order valence-corrected chi connectivity index (χ1v) is 4.01. The minimum atomic E-state index is 0.284. The molecule has 0 unspecified atom stereocenters. The summed E-state index contributed by atoms with van der Waals surface area (Å²) in [5.41, 5.74) is 2.42. The van der Waals surface area contributed by atoms with Crippen LogP contribution in [0.4, 0.5) is 0 Å². The van der Waals surface area contributed by atoms with Crippen LogP contribution >= 0.6 is 0 Å². The van der Waals surface area contributed by atoms with E-state index in [0.717, 1.165) is 11.1 Å². The third kappa shape index (κ3) is 2.34. The Bertz CT molecular complexity index is 386. The van der Waals surface area contributed by atoms with Crippen molar-refractivity contribution in [3.8, 4) is 11.8 Å². The first-order chi connectivity index (χ1) is 6.13. The monoisotopic (exact) mass is 173 g/mol. The van der Waals surface area contributed by atoms with Gasteiger partial charge >= 0.3 is 0 Å². The molecule has 0 spiro atoms. The molecule has 1 aromatic carbocycles. The van der Waals surface area contributed by atoms with Crippen molar-refractivity contribution in [2.45, 2.75) is 13.8 Å². The number of phenols is 1. The summed E-state index contributed by atoms with van der Waals surface area (Å²) in [6, 6.07) is 7.30. The van der Waals surface area contributed by atoms with Crippen LogP contribution in [0.2, 0.25) is 0 Å². The molecule has 2 heteroatoms. The quantitative estimate of drug-likeness (QED) is 0.663. The number of allylic oxidation sites excluding steroid dienone is 1. The van der Waals surface area contributed by atoms with E-state index in [-0.39, 0.29) is 5.75 Å². The molecule has 0 saturated heterocycles. The highest BCUT2D eigenvalue weighted by Crippen LogP contribution is 2.18. The van der Waals surface area contributed by atoms with Crippen molar-refractivity contribution < 1.29 is 5.11 Å². The van der Waals surface area contributed by atoms with Crippen LogP contribution in [0.5, 0.6) is 5.75 Å². The van der Waals surface area contributed by atoms with Gasteiger partial charge in [-0.3, -0.25) is 0 Å². The summed E-state index contributed by atoms with van der Waals surface area (Å²) in [4.78, 5) is 0. The normalized spacial score (nSPS) is 11.0. The molecular formula is C11H11NO. The van der Waals surface area contributed by atoms with Gasteiger partial charge in [0.1, 0.15) is 5.75 Å². The molecule has 0 aliphatic carbocycles. The smallest absolute Gasteiger partial charge is 0.118 e. The second-order valence-electron chi connectivity index (χ2n) is 2.99. The fourth-order valence-corrected chi connectivity index (χ4v) is 1.05. The standard InChI is InChI=1S/C11H11NO/c1-8(7-12)5-10-3-4-11(13)9(2)6-10/h3-6,13H,1-2H3/b8-5-. The van der Waals surface area contributed by atoms with Crippen molar-refractivity contribution in [3.63, 3.8) is 0 Å². The van der Waals surface area contributed by atoms with Gasteiger partial charge in [-0.25, -0.2) is 0 Å². The Balaban J connectivity index is 3.07. The molecule has 13 heavy (non-hydrogen) atoms. The van der Waals surface area contributed by atoms with E-state index in [1.165, 1.54) is 0 Å². The molecule has 0 aliphatic rings. The van der Waals surface area contributed by atoms with Gasteiger partial charge in [0.15, 0.2) is 0 Å². The summed E-state index contributed by atoms with van der Waals surface area (Å²) in [5.74, 6) is 0.284. The molecule has 1 aromatic rings. The molecule has 66 valence electrons. The molecule has 0 aromatic heterocycles. The summed E-state index contributed by atoms with van der Waals surface area (Å²) >= 11 is 0. The van der Waals surface area contributed by atoms with Crippen molar-refractivity contribution in [2.75, 3.05) is 0 Å². The summed E-state index contributed by atoms with van der Waals surface area (Å²) in [7, 11) is 0. The van der Waals surface area contributed by atoms with Crippen LogP contribution in [-0.2, 0) is 0 Å². The van der Waals surface area contributed by atoms with E-state index in [9.17, 15) is 5.11 Å². The van der Waals surface area contributed by atoms with E-state index in [2.05, 4.69) is 0 Å². The lowest BCUT2D eigenvalue weighted by atomic mass is 10.1. The molecule has 0 bridgehead atoms. The van der Waals surface area contributed by atoms with E-state index in [1.807, 2.05) is 19.1 Å². The van der Waals surface area contributed by atoms with Gasteiger partial charge in [0.25, 0.3) is 0 Å². The van der Waals surface area contributed by atoms with Crippen LogP contribution in [0.15, 0.2) is 23.8 Å². The largest absolute Gasteiger partial charge is 0.508 e. The Labute approximate surface area is 77.8 Å². The zero-order chi connectivity index (χ0) is 9.84. The number of nitriles is 1. The number of phenolic OH excluding ortho intramolecular Hbond substituents is 1. The number of aryl methyl sites for hydroxylation is 1. The van der Waals surface area contributed by atoms with Gasteiger partial charge in [-0.15, -0.1) is 0 Å². The van der Waals surface area contributed by atoms with Gasteiger partial charge < -0.3 is 5.11 Å². The predicted molar refractivity (Wildman–Crippen MR) is 52.1 cm³/mol. The second kappa shape index (κ2) is 3.77. The van der Waals surface area contributed by atoms with Crippen LogP contribution < -0.4 is 0 Å². The Morgan fingerprint density at radius 3 is 2.77 bits per heavy atom. The predicted octanol–water partition coefficient (Wildman–Crippen LogP) is 2.63. The lowest BCUT2D eigenvalue weighted by molar-refractivity contribution is 0.471. The zero-order valence-electron chi connectivity index (χ0n) is 7.70. The van der Waals surface area contributed by atoms with E-state index >= 15 is 0 Å². The number of aromatic hydroxyl groups is 1. The Morgan fingerprint density at radius 2 is 2.23 bits per heavy atom. The van der Waals surface area contributed by atoms with Gasteiger partial charge in [0.05, 0.1) is 6.07 Å². The first-order valence-electron chi connectivity index (χ1n) is 4.01. The van der Waals surface area contributed by atoms with Crippen LogP contribution in [0.3, 0.4) is 0 Å². The molecule has 0 fully saturated rings. The van der Waals surface area contributed by atoms with Crippen molar-refractivity contribution in [1.29, 1.82) is 5.26 Å². The SMILES string of the molecule is C/C(C#N)=C/c1ccc(O)c(C)c1. The third-order valence-corrected chi connectivity index (χ3v) is 1.78. The lowest BCUT2D eigenvalue weighted by Crippen LogP contribution is -1.78. The van der Waals surface area contributed by atoms with Crippen molar-refractivity contribution in [2.24, 2.45) is 0 Å². The molecule has 0 aliphatic heterocycles. The minimum Gasteiger partial charge on any atom is -0.508 e. The van der Waals surface area contributed by atoms with E-state index in [1.54, 1.807) is 25.1 Å². The van der Waals surface area contributed by atoms with Gasteiger partial charge in [0.2, 0.25) is 0 Å². The van der Waals surface area contributed by atoms with Crippen molar-refractivity contribution in [1.82, 2.24) is 0 Å². The number of nitrogens with zero attached hydrogens (tertiary/aromatic N) is 1. The summed E-state index contributed by atoms with van der Waals surface area (Å²) in [6.07, 6.45) is 1.78. The molecule has 1 N–H and O–H groups in total. The number of rotatable bonds is 1. The van der Waals surface area contributed by atoms with Crippen molar-refractivity contribution >= 4 is 6.08 Å². The fraction of sp³-hybridized carbons (Fsp3) is 0.182. The zero-order valence-corrected chi connectivity index (χ0v) is 7.70. The molecule has 0 heterocycles. The maximum atomic E-state index is 9.25. The molecular weight excluding hydrogens is 162 g/mol. The van der Waals surface area contributed by atoms with Gasteiger partial charge in [-0.1, -0.05) is 6.07 Å². The minimum absolute atomic E-state index is 0.284. The average Bonchev–Trinajstić information content (AvgIpc) is 2.11. The van der Waals surface area contributed by atoms with E-state index < -0.39 is 0 Å². The highest BCUT2D eigenvalue weighted by Gasteiger charge is 1.95. The van der Waals surface area contributed by atoms with Crippen LogP contribution in [0, 0.1) is 18.3 Å². The van der Waals surface area contributed by atoms with Gasteiger partial charge in [-0.2, -0.15) is 5.26 Å². The van der Waals surface area contributed by atoms with Gasteiger partial charge in [-0.05, 0) is 43.2 Å². The number of hydrogen-bond donors (Lipinski definition) is 1. The van der Waals surface area contributed by atoms with E-state index in [0.29, 0.717) is 5.57 Å². The maximum absolute atomic E-state index is 9.25. The van der Waals surface area contributed by atoms with Crippen LogP contribution in [0.25, 0.3) is 6.08 Å². The van der Waals surface area contributed by atoms with E-state index in [4.69, 9.17) is 5.26 Å². The summed E-state index contributed by atoms with van der Waals surface area (Å²) < 4.78 is 0. The molecule has 1 rings (SSSR count). The molecule has 0 atom stereocenters.